The second-order valence-electron chi connectivity index (χ2n) is 11.2. The van der Waals surface area contributed by atoms with Gasteiger partial charge in [-0.2, -0.15) is 10.5 Å². The Hall–Kier alpha value is -4.94. The Bertz CT molecular complexity index is 1460. The van der Waals surface area contributed by atoms with Crippen LogP contribution in [-0.2, 0) is 5.41 Å². The summed E-state index contributed by atoms with van der Waals surface area (Å²) in [5.41, 5.74) is 5.85. The molecule has 0 aromatic heterocycles. The van der Waals surface area contributed by atoms with E-state index in [1.165, 1.54) is 11.1 Å². The zero-order valence-corrected chi connectivity index (χ0v) is 24.4. The molecule has 0 atom stereocenters. The summed E-state index contributed by atoms with van der Waals surface area (Å²) in [7, 11) is 0. The van der Waals surface area contributed by atoms with Gasteiger partial charge < -0.3 is 9.47 Å². The van der Waals surface area contributed by atoms with E-state index in [1.807, 2.05) is 60.9 Å². The molecule has 0 amide bonds. The molecule has 0 heterocycles. The van der Waals surface area contributed by atoms with Crippen LogP contribution in [0.3, 0.4) is 0 Å². The number of benzene rings is 4. The summed E-state index contributed by atoms with van der Waals surface area (Å²) in [5, 5.41) is 22.9. The van der Waals surface area contributed by atoms with Crippen molar-refractivity contribution in [2.45, 2.75) is 58.8 Å². The van der Waals surface area contributed by atoms with E-state index in [4.69, 9.17) is 20.0 Å². The maximum atomic E-state index is 8.83. The minimum Gasteiger partial charge on any atom is -0.457 e. The average molecular weight is 545 g/mol. The number of nitriles is 2. The van der Waals surface area contributed by atoms with Crippen LogP contribution in [0.2, 0.25) is 0 Å². The van der Waals surface area contributed by atoms with Crippen LogP contribution in [0.1, 0.15) is 75.6 Å². The Morgan fingerprint density at radius 3 is 1.27 bits per heavy atom. The smallest absolute Gasteiger partial charge is 0.181 e. The van der Waals surface area contributed by atoms with Crippen molar-refractivity contribution in [2.24, 2.45) is 0 Å². The summed E-state index contributed by atoms with van der Waals surface area (Å²) in [4.78, 5) is 0. The van der Waals surface area contributed by atoms with E-state index in [1.54, 1.807) is 0 Å². The molecule has 0 radical (unpaired) electrons. The second kappa shape index (κ2) is 12.5. The van der Waals surface area contributed by atoms with E-state index in [9.17, 15) is 0 Å². The van der Waals surface area contributed by atoms with Crippen molar-refractivity contribution in [1.29, 1.82) is 10.5 Å². The summed E-state index contributed by atoms with van der Waals surface area (Å²) in [6.07, 6.45) is 3.86. The van der Waals surface area contributed by atoms with Crippen molar-refractivity contribution in [3.05, 3.63) is 107 Å². The molecule has 0 spiro atoms. The molecular formula is C35H36N4O2. The molecule has 208 valence electrons. The van der Waals surface area contributed by atoms with Gasteiger partial charge in [0.1, 0.15) is 23.0 Å². The molecule has 0 bridgehead atoms. The van der Waals surface area contributed by atoms with E-state index >= 15 is 0 Å². The lowest BCUT2D eigenvalue weighted by atomic mass is 9.76. The minimum atomic E-state index is -0.264. The van der Waals surface area contributed by atoms with Gasteiger partial charge in [-0.1, -0.05) is 65.8 Å². The van der Waals surface area contributed by atoms with Crippen LogP contribution in [0, 0.1) is 22.9 Å². The van der Waals surface area contributed by atoms with Gasteiger partial charge in [0.2, 0.25) is 0 Å². The molecule has 4 aromatic rings. The largest absolute Gasteiger partial charge is 0.457 e. The van der Waals surface area contributed by atoms with E-state index in [0.29, 0.717) is 0 Å². The quantitative estimate of drug-likeness (QED) is 0.153. The van der Waals surface area contributed by atoms with Gasteiger partial charge in [-0.25, -0.2) is 0 Å². The number of nitrogens with one attached hydrogen (secondary N) is 2. The highest BCUT2D eigenvalue weighted by atomic mass is 16.5. The topological polar surface area (TPSA) is 90.1 Å². The van der Waals surface area contributed by atoms with Crippen molar-refractivity contribution in [3.63, 3.8) is 0 Å². The summed E-state index contributed by atoms with van der Waals surface area (Å²) in [5.74, 6) is 3.60. The summed E-state index contributed by atoms with van der Waals surface area (Å²) < 4.78 is 12.5. The summed E-state index contributed by atoms with van der Waals surface area (Å²) >= 11 is 0. The molecular weight excluding hydrogens is 508 g/mol. The Kier molecular flexibility index (Phi) is 8.85. The molecule has 4 aromatic carbocycles. The van der Waals surface area contributed by atoms with Crippen LogP contribution in [0.4, 0.5) is 11.4 Å². The van der Waals surface area contributed by atoms with Crippen molar-refractivity contribution >= 4 is 11.4 Å². The first-order valence-corrected chi connectivity index (χ1v) is 13.8. The predicted octanol–water partition coefficient (Wildman–Crippen LogP) is 9.63. The van der Waals surface area contributed by atoms with Crippen LogP contribution < -0.4 is 20.1 Å². The van der Waals surface area contributed by atoms with Crippen LogP contribution in [-0.4, -0.2) is 0 Å². The van der Waals surface area contributed by atoms with Crippen molar-refractivity contribution in [1.82, 2.24) is 0 Å². The minimum absolute atomic E-state index is 0.261. The first-order valence-electron chi connectivity index (χ1n) is 13.8. The number of hydrogen-bond donors (Lipinski definition) is 2. The highest BCUT2D eigenvalue weighted by Gasteiger charge is 2.26. The highest BCUT2D eigenvalue weighted by Crippen LogP contribution is 2.41. The van der Waals surface area contributed by atoms with Crippen LogP contribution in [0.25, 0.3) is 0 Å². The normalized spacial score (nSPS) is 11.1. The summed E-state index contributed by atoms with van der Waals surface area (Å²) in [6.45, 7) is 13.2. The van der Waals surface area contributed by atoms with Crippen LogP contribution >= 0.6 is 0 Å². The molecule has 0 aliphatic carbocycles. The van der Waals surface area contributed by atoms with Crippen molar-refractivity contribution in [2.75, 3.05) is 10.6 Å². The lowest BCUT2D eigenvalue weighted by molar-refractivity contribution is 0.471. The zero-order valence-electron chi connectivity index (χ0n) is 24.4. The number of nitrogens with zero attached hydrogens (tertiary/aromatic N) is 2. The second-order valence-corrected chi connectivity index (χ2v) is 11.2. The fraction of sp³-hybridized carbons (Fsp3) is 0.257. The molecule has 6 nitrogen and oxygen atoms in total. The maximum absolute atomic E-state index is 8.83. The van der Waals surface area contributed by atoms with Gasteiger partial charge in [0.05, 0.1) is 0 Å². The molecule has 0 aliphatic rings. The lowest BCUT2D eigenvalue weighted by Crippen LogP contribution is -2.20. The van der Waals surface area contributed by atoms with Gasteiger partial charge in [-0.3, -0.25) is 10.6 Å². The first kappa shape index (κ1) is 29.1. The molecule has 6 heteroatoms. The predicted molar refractivity (Wildman–Crippen MR) is 165 cm³/mol. The Morgan fingerprint density at radius 1 is 0.585 bits per heavy atom. The fourth-order valence-corrected chi connectivity index (χ4v) is 4.73. The third-order valence-corrected chi connectivity index (χ3v) is 7.27. The van der Waals surface area contributed by atoms with Gasteiger partial charge in [0.15, 0.2) is 12.4 Å². The number of rotatable bonds is 10. The highest BCUT2D eigenvalue weighted by molar-refractivity contribution is 5.53. The molecule has 4 rings (SSSR count). The van der Waals surface area contributed by atoms with Crippen LogP contribution in [0.5, 0.6) is 23.0 Å². The van der Waals surface area contributed by atoms with Gasteiger partial charge in [-0.15, -0.1) is 0 Å². The van der Waals surface area contributed by atoms with Crippen LogP contribution in [0.15, 0.2) is 84.9 Å². The summed E-state index contributed by atoms with van der Waals surface area (Å²) in [6, 6.07) is 27.6. The number of anilines is 2. The zero-order chi connectivity index (χ0) is 29.6. The molecule has 0 saturated carbocycles. The molecule has 0 unspecified atom stereocenters. The van der Waals surface area contributed by atoms with Gasteiger partial charge in [0.25, 0.3) is 0 Å². The van der Waals surface area contributed by atoms with E-state index in [2.05, 4.69) is 88.6 Å². The Morgan fingerprint density at radius 2 is 0.951 bits per heavy atom. The molecule has 0 saturated heterocycles. The molecule has 0 fully saturated rings. The monoisotopic (exact) mass is 544 g/mol. The fourth-order valence-electron chi connectivity index (χ4n) is 4.73. The maximum Gasteiger partial charge on any atom is 0.181 e. The van der Waals surface area contributed by atoms with Crippen molar-refractivity contribution in [3.8, 4) is 35.4 Å². The third-order valence-electron chi connectivity index (χ3n) is 7.27. The SMILES string of the molecule is CC(C)c1cc(C(C)(C)c2ccc(Oc3ccc(NC#N)cc3)c(C(C)C)c2)ccc1Oc1ccc(NC#N)cc1. The Labute approximate surface area is 243 Å². The standard InChI is InChI=1S/C35H36N4O2/c1-23(2)31-19-25(7-17-33(31)40-29-13-9-27(10-14-29)38-21-36)35(5,6)26-8-18-34(32(20-26)24(3)4)41-30-15-11-28(12-16-30)39-22-37/h7-20,23-24,38-39H,1-6H3. The van der Waals surface area contributed by atoms with Gasteiger partial charge >= 0.3 is 0 Å². The molecule has 41 heavy (non-hydrogen) atoms. The van der Waals surface area contributed by atoms with Crippen molar-refractivity contribution < 1.29 is 9.47 Å². The molecule has 0 aliphatic heterocycles. The first-order chi connectivity index (χ1) is 19.6. The van der Waals surface area contributed by atoms with Gasteiger partial charge in [0, 0.05) is 16.8 Å². The number of hydrogen-bond acceptors (Lipinski definition) is 6. The Balaban J connectivity index is 1.62. The van der Waals surface area contributed by atoms with E-state index < -0.39 is 0 Å². The van der Waals surface area contributed by atoms with E-state index in [-0.39, 0.29) is 17.3 Å². The third kappa shape index (κ3) is 6.80. The van der Waals surface area contributed by atoms with E-state index in [0.717, 1.165) is 45.5 Å². The molecule has 2 N–H and O–H groups in total. The number of ether oxygens (including phenoxy) is 2. The van der Waals surface area contributed by atoms with Gasteiger partial charge in [-0.05, 0) is 94.8 Å². The average Bonchev–Trinajstić information content (AvgIpc) is 2.95. The lowest BCUT2D eigenvalue weighted by Gasteiger charge is -2.29.